The maximum atomic E-state index is 5.91. The topological polar surface area (TPSA) is 46.6 Å². The molecule has 4 nitrogen and oxygen atoms in total. The average molecular weight is 202 g/mol. The van der Waals surface area contributed by atoms with E-state index < -0.39 is 0 Å². The summed E-state index contributed by atoms with van der Waals surface area (Å²) in [6, 6.07) is 4.42. The van der Waals surface area contributed by atoms with Gasteiger partial charge in [-0.3, -0.25) is 0 Å². The van der Waals surface area contributed by atoms with Crippen LogP contribution in [0.2, 0.25) is 0 Å². The molecule has 2 aromatic heterocycles. The van der Waals surface area contributed by atoms with E-state index in [1.54, 1.807) is 0 Å². The van der Waals surface area contributed by atoms with Crippen molar-refractivity contribution >= 4 is 11.3 Å². The maximum absolute atomic E-state index is 5.91. The molecule has 1 aliphatic rings. The molecule has 1 fully saturated rings. The van der Waals surface area contributed by atoms with E-state index in [2.05, 4.69) is 20.4 Å². The monoisotopic (exact) mass is 202 g/mol. The molecule has 78 valence electrons. The normalized spacial score (nSPS) is 21.4. The van der Waals surface area contributed by atoms with Gasteiger partial charge in [0.05, 0.1) is 5.52 Å². The van der Waals surface area contributed by atoms with E-state index in [1.165, 1.54) is 0 Å². The van der Waals surface area contributed by atoms with Crippen LogP contribution in [0, 0.1) is 0 Å². The third kappa shape index (κ3) is 1.37. The van der Waals surface area contributed by atoms with Crippen LogP contribution in [0.3, 0.4) is 0 Å². The Bertz CT molecular complexity index is 476. The second-order valence-electron chi connectivity index (χ2n) is 4.05. The molecule has 1 atom stereocenters. The summed E-state index contributed by atoms with van der Waals surface area (Å²) in [6.45, 7) is 1.93. The Morgan fingerprint density at radius 3 is 3.13 bits per heavy atom. The van der Waals surface area contributed by atoms with Crippen molar-refractivity contribution in [2.75, 3.05) is 18.0 Å². The third-order valence-electron chi connectivity index (χ3n) is 2.96. The summed E-state index contributed by atoms with van der Waals surface area (Å²) in [6.07, 6.45) is 6.90. The fourth-order valence-electron chi connectivity index (χ4n) is 2.18. The second kappa shape index (κ2) is 3.24. The summed E-state index contributed by atoms with van der Waals surface area (Å²) in [4.78, 5) is 6.71. The van der Waals surface area contributed by atoms with Gasteiger partial charge in [0.15, 0.2) is 5.82 Å². The van der Waals surface area contributed by atoms with E-state index in [4.69, 9.17) is 5.73 Å². The van der Waals surface area contributed by atoms with Crippen molar-refractivity contribution < 1.29 is 0 Å². The molecule has 1 aliphatic heterocycles. The fourth-order valence-corrected chi connectivity index (χ4v) is 2.18. The van der Waals surface area contributed by atoms with Crippen molar-refractivity contribution in [3.05, 3.63) is 30.7 Å². The van der Waals surface area contributed by atoms with E-state index in [9.17, 15) is 0 Å². The number of fused-ring (bicyclic) bond motifs is 1. The van der Waals surface area contributed by atoms with Crippen LogP contribution in [0.15, 0.2) is 30.7 Å². The Kier molecular flexibility index (Phi) is 1.89. The van der Waals surface area contributed by atoms with Crippen LogP contribution in [-0.2, 0) is 0 Å². The van der Waals surface area contributed by atoms with Crippen molar-refractivity contribution in [1.82, 2.24) is 9.38 Å². The van der Waals surface area contributed by atoms with E-state index in [1.807, 2.05) is 24.7 Å². The largest absolute Gasteiger partial charge is 0.353 e. The minimum absolute atomic E-state index is 0.294. The van der Waals surface area contributed by atoms with Crippen LogP contribution in [0.5, 0.6) is 0 Å². The predicted octanol–water partition coefficient (Wildman–Crippen LogP) is 0.872. The number of hydrogen-bond acceptors (Lipinski definition) is 3. The van der Waals surface area contributed by atoms with Gasteiger partial charge in [-0.15, -0.1) is 0 Å². The lowest BCUT2D eigenvalue weighted by Gasteiger charge is -2.17. The molecular formula is C11H14N4. The summed E-state index contributed by atoms with van der Waals surface area (Å²) >= 11 is 0. The molecule has 0 aromatic carbocycles. The number of nitrogens with two attached hydrogens (primary N) is 1. The summed E-state index contributed by atoms with van der Waals surface area (Å²) in [5.74, 6) is 1.05. The number of hydrogen-bond donors (Lipinski definition) is 1. The first-order valence-corrected chi connectivity index (χ1v) is 5.27. The molecule has 2 N–H and O–H groups in total. The van der Waals surface area contributed by atoms with Gasteiger partial charge in [0.2, 0.25) is 0 Å². The highest BCUT2D eigenvalue weighted by Gasteiger charge is 2.21. The zero-order chi connectivity index (χ0) is 10.3. The summed E-state index contributed by atoms with van der Waals surface area (Å²) in [5, 5.41) is 0. The molecule has 0 bridgehead atoms. The van der Waals surface area contributed by atoms with Crippen molar-refractivity contribution in [3.63, 3.8) is 0 Å². The van der Waals surface area contributed by atoms with Gasteiger partial charge in [0.1, 0.15) is 0 Å². The highest BCUT2D eigenvalue weighted by Crippen LogP contribution is 2.22. The number of aromatic nitrogens is 2. The highest BCUT2D eigenvalue weighted by atomic mass is 15.2. The quantitative estimate of drug-likeness (QED) is 0.746. The zero-order valence-corrected chi connectivity index (χ0v) is 8.50. The van der Waals surface area contributed by atoms with Gasteiger partial charge in [0, 0.05) is 37.7 Å². The Morgan fingerprint density at radius 1 is 1.40 bits per heavy atom. The standard InChI is InChI=1S/C11H14N4/c12-9-3-6-15(8-9)11-10-2-1-5-14(10)7-4-13-11/h1-2,4-5,7,9H,3,6,8,12H2/t9-/m0/s1. The van der Waals surface area contributed by atoms with Gasteiger partial charge in [-0.05, 0) is 18.6 Å². The zero-order valence-electron chi connectivity index (χ0n) is 8.50. The molecule has 0 radical (unpaired) electrons. The van der Waals surface area contributed by atoms with E-state index in [0.717, 1.165) is 30.8 Å². The van der Waals surface area contributed by atoms with Crippen molar-refractivity contribution in [1.29, 1.82) is 0 Å². The van der Waals surface area contributed by atoms with E-state index >= 15 is 0 Å². The maximum Gasteiger partial charge on any atom is 0.152 e. The molecule has 0 aliphatic carbocycles. The van der Waals surface area contributed by atoms with Crippen LogP contribution >= 0.6 is 0 Å². The molecule has 1 saturated heterocycles. The van der Waals surface area contributed by atoms with Gasteiger partial charge in [-0.1, -0.05) is 0 Å². The molecule has 0 unspecified atom stereocenters. The predicted molar refractivity (Wildman–Crippen MR) is 60.0 cm³/mol. The van der Waals surface area contributed by atoms with Crippen LogP contribution in [0.1, 0.15) is 6.42 Å². The minimum Gasteiger partial charge on any atom is -0.353 e. The summed E-state index contributed by atoms with van der Waals surface area (Å²) in [7, 11) is 0. The number of nitrogens with zero attached hydrogens (tertiary/aromatic N) is 3. The Balaban J connectivity index is 2.06. The minimum atomic E-state index is 0.294. The van der Waals surface area contributed by atoms with Gasteiger partial charge < -0.3 is 15.0 Å². The SMILES string of the molecule is N[C@H]1CCN(c2nccn3cccc23)C1. The van der Waals surface area contributed by atoms with E-state index in [0.29, 0.717) is 6.04 Å². The van der Waals surface area contributed by atoms with E-state index in [-0.39, 0.29) is 0 Å². The second-order valence-corrected chi connectivity index (χ2v) is 4.05. The van der Waals surface area contributed by atoms with Crippen LogP contribution < -0.4 is 10.6 Å². The third-order valence-corrected chi connectivity index (χ3v) is 2.96. The molecule has 3 rings (SSSR count). The molecule has 0 amide bonds. The lowest BCUT2D eigenvalue weighted by atomic mass is 10.3. The lowest BCUT2D eigenvalue weighted by Crippen LogP contribution is -2.27. The number of rotatable bonds is 1. The van der Waals surface area contributed by atoms with Crippen molar-refractivity contribution in [2.45, 2.75) is 12.5 Å². The smallest absolute Gasteiger partial charge is 0.152 e. The Morgan fingerprint density at radius 2 is 2.33 bits per heavy atom. The molecule has 15 heavy (non-hydrogen) atoms. The van der Waals surface area contributed by atoms with Crippen molar-refractivity contribution in [2.24, 2.45) is 5.73 Å². The van der Waals surface area contributed by atoms with Crippen LogP contribution in [0.4, 0.5) is 5.82 Å². The molecule has 4 heteroatoms. The molecule has 0 spiro atoms. The van der Waals surface area contributed by atoms with Gasteiger partial charge in [-0.25, -0.2) is 4.98 Å². The van der Waals surface area contributed by atoms with Crippen LogP contribution in [0.25, 0.3) is 5.52 Å². The Hall–Kier alpha value is -1.55. The fraction of sp³-hybridized carbons (Fsp3) is 0.364. The molecular weight excluding hydrogens is 188 g/mol. The number of anilines is 1. The van der Waals surface area contributed by atoms with Crippen molar-refractivity contribution in [3.8, 4) is 0 Å². The summed E-state index contributed by atoms with van der Waals surface area (Å²) in [5.41, 5.74) is 7.06. The lowest BCUT2D eigenvalue weighted by molar-refractivity contribution is 0.751. The van der Waals surface area contributed by atoms with Crippen LogP contribution in [-0.4, -0.2) is 28.5 Å². The first kappa shape index (κ1) is 8.73. The average Bonchev–Trinajstić information content (AvgIpc) is 2.84. The molecule has 0 saturated carbocycles. The van der Waals surface area contributed by atoms with Gasteiger partial charge in [0.25, 0.3) is 0 Å². The first-order valence-electron chi connectivity index (χ1n) is 5.27. The summed E-state index contributed by atoms with van der Waals surface area (Å²) < 4.78 is 2.09. The van der Waals surface area contributed by atoms with Gasteiger partial charge >= 0.3 is 0 Å². The first-order chi connectivity index (χ1) is 7.34. The highest BCUT2D eigenvalue weighted by molar-refractivity contribution is 5.69. The van der Waals surface area contributed by atoms with Gasteiger partial charge in [-0.2, -0.15) is 0 Å². The molecule has 2 aromatic rings. The Labute approximate surface area is 88.3 Å². The molecule has 3 heterocycles.